The number of ether oxygens (including phenoxy) is 1. The van der Waals surface area contributed by atoms with Crippen LogP contribution in [-0.2, 0) is 14.3 Å². The molecular weight excluding hydrogens is 422 g/mol. The van der Waals surface area contributed by atoms with Crippen molar-refractivity contribution in [1.29, 1.82) is 0 Å². The highest BCUT2D eigenvalue weighted by molar-refractivity contribution is 5.89. The van der Waals surface area contributed by atoms with Gasteiger partial charge in [-0.3, -0.25) is 9.59 Å². The van der Waals surface area contributed by atoms with Crippen LogP contribution >= 0.6 is 0 Å². The van der Waals surface area contributed by atoms with Crippen molar-refractivity contribution in [2.45, 2.75) is 30.7 Å². The van der Waals surface area contributed by atoms with Gasteiger partial charge in [0.15, 0.2) is 12.3 Å². The van der Waals surface area contributed by atoms with E-state index in [0.717, 1.165) is 27.2 Å². The Labute approximate surface area is 183 Å². The number of rotatable bonds is 6. The minimum Gasteiger partial charge on any atom is -0.481 e. The summed E-state index contributed by atoms with van der Waals surface area (Å²) in [4.78, 5) is 37.0. The van der Waals surface area contributed by atoms with Crippen LogP contribution in [0.25, 0.3) is 11.1 Å². The van der Waals surface area contributed by atoms with Crippen molar-refractivity contribution in [3.63, 3.8) is 0 Å². The van der Waals surface area contributed by atoms with Gasteiger partial charge in [-0.15, -0.1) is 0 Å². The molecule has 9 heteroatoms. The van der Waals surface area contributed by atoms with Gasteiger partial charge in [-0.2, -0.15) is 0 Å². The SMILES string of the molecule is O=C(O)CC(NC(=O)OCC1c2ccccc2-c2ccccc21)C(=O)N1CC(F)C(F)C1. The third-order valence-electron chi connectivity index (χ3n) is 5.81. The molecular formula is C23H22F2N2O5. The Kier molecular flexibility index (Phi) is 6.07. The van der Waals surface area contributed by atoms with Gasteiger partial charge in [0.1, 0.15) is 12.6 Å². The van der Waals surface area contributed by atoms with Crippen LogP contribution in [0.3, 0.4) is 0 Å². The van der Waals surface area contributed by atoms with E-state index in [1.807, 2.05) is 48.5 Å². The maximum atomic E-state index is 13.5. The Morgan fingerprint density at radius 2 is 1.53 bits per heavy atom. The van der Waals surface area contributed by atoms with Gasteiger partial charge in [0.2, 0.25) is 5.91 Å². The van der Waals surface area contributed by atoms with Gasteiger partial charge in [0, 0.05) is 5.92 Å². The number of hydrogen-bond donors (Lipinski definition) is 2. The lowest BCUT2D eigenvalue weighted by Crippen LogP contribution is -2.49. The molecule has 2 aromatic carbocycles. The van der Waals surface area contributed by atoms with E-state index >= 15 is 0 Å². The van der Waals surface area contributed by atoms with Crippen LogP contribution < -0.4 is 5.32 Å². The van der Waals surface area contributed by atoms with Crippen molar-refractivity contribution in [1.82, 2.24) is 10.2 Å². The molecule has 1 aliphatic heterocycles. The average molecular weight is 444 g/mol. The predicted octanol–water partition coefficient (Wildman–Crippen LogP) is 2.89. The lowest BCUT2D eigenvalue weighted by molar-refractivity contribution is -0.142. The molecule has 4 rings (SSSR count). The highest BCUT2D eigenvalue weighted by Gasteiger charge is 2.39. The van der Waals surface area contributed by atoms with E-state index in [9.17, 15) is 23.2 Å². The highest BCUT2D eigenvalue weighted by Crippen LogP contribution is 2.44. The summed E-state index contributed by atoms with van der Waals surface area (Å²) in [6.07, 6.45) is -5.37. The number of hydrogen-bond acceptors (Lipinski definition) is 4. The van der Waals surface area contributed by atoms with E-state index < -0.39 is 55.9 Å². The lowest BCUT2D eigenvalue weighted by atomic mass is 9.98. The van der Waals surface area contributed by atoms with Crippen LogP contribution in [-0.4, -0.2) is 66.1 Å². The molecule has 1 heterocycles. The van der Waals surface area contributed by atoms with Crippen molar-refractivity contribution in [3.8, 4) is 11.1 Å². The zero-order valence-corrected chi connectivity index (χ0v) is 17.0. The van der Waals surface area contributed by atoms with Crippen LogP contribution in [0.1, 0.15) is 23.5 Å². The maximum Gasteiger partial charge on any atom is 0.407 e. The molecule has 2 N–H and O–H groups in total. The van der Waals surface area contributed by atoms with Crippen molar-refractivity contribution < 1.29 is 33.0 Å². The summed E-state index contributed by atoms with van der Waals surface area (Å²) in [5.41, 5.74) is 4.10. The Balaban J connectivity index is 1.43. The zero-order valence-electron chi connectivity index (χ0n) is 17.0. The monoisotopic (exact) mass is 444 g/mol. The minimum atomic E-state index is -1.83. The molecule has 7 nitrogen and oxygen atoms in total. The predicted molar refractivity (Wildman–Crippen MR) is 111 cm³/mol. The molecule has 1 aliphatic carbocycles. The smallest absolute Gasteiger partial charge is 0.407 e. The van der Waals surface area contributed by atoms with E-state index in [0.29, 0.717) is 0 Å². The standard InChI is InChI=1S/C23H22F2N2O5/c24-18-10-27(11-19(18)25)22(30)20(9-21(28)29)26-23(31)32-12-17-15-7-3-1-5-13(15)14-6-2-4-8-16(14)17/h1-8,17-20H,9-12H2,(H,26,31)(H,28,29). The number of carboxylic acids is 1. The fraction of sp³-hybridized carbons (Fsp3) is 0.348. The summed E-state index contributed by atoms with van der Waals surface area (Å²) in [5.74, 6) is -2.40. The number of fused-ring (bicyclic) bond motifs is 3. The molecule has 2 amide bonds. The maximum absolute atomic E-state index is 13.5. The number of alkyl carbamates (subject to hydrolysis) is 1. The molecule has 1 fully saturated rings. The van der Waals surface area contributed by atoms with E-state index in [4.69, 9.17) is 9.84 Å². The molecule has 32 heavy (non-hydrogen) atoms. The number of carboxylic acid groups (broad SMARTS) is 1. The first-order chi connectivity index (χ1) is 15.3. The fourth-order valence-electron chi connectivity index (χ4n) is 4.28. The molecule has 0 saturated carbocycles. The van der Waals surface area contributed by atoms with Crippen LogP contribution in [0.15, 0.2) is 48.5 Å². The average Bonchev–Trinajstić information content (AvgIpc) is 3.28. The first-order valence-electron chi connectivity index (χ1n) is 10.3. The summed E-state index contributed by atoms with van der Waals surface area (Å²) < 4.78 is 32.3. The lowest BCUT2D eigenvalue weighted by Gasteiger charge is -2.23. The minimum absolute atomic E-state index is 0.0172. The molecule has 3 unspecified atom stereocenters. The summed E-state index contributed by atoms with van der Waals surface area (Å²) in [7, 11) is 0. The number of carbonyl (C=O) groups excluding carboxylic acids is 2. The third-order valence-corrected chi connectivity index (χ3v) is 5.81. The topological polar surface area (TPSA) is 95.9 Å². The Hall–Kier alpha value is -3.49. The second-order valence-electron chi connectivity index (χ2n) is 7.90. The molecule has 168 valence electrons. The summed E-state index contributed by atoms with van der Waals surface area (Å²) in [6, 6.07) is 14.0. The fourth-order valence-corrected chi connectivity index (χ4v) is 4.28. The van der Waals surface area contributed by atoms with E-state index in [2.05, 4.69) is 5.32 Å². The number of likely N-dealkylation sites (tertiary alicyclic amines) is 1. The van der Waals surface area contributed by atoms with Gasteiger partial charge in [-0.05, 0) is 22.3 Å². The summed E-state index contributed by atoms with van der Waals surface area (Å²) in [5, 5.41) is 11.4. The Bertz CT molecular complexity index is 991. The summed E-state index contributed by atoms with van der Waals surface area (Å²) in [6.45, 7) is -0.984. The van der Waals surface area contributed by atoms with Crippen LogP contribution in [0.5, 0.6) is 0 Å². The third kappa shape index (κ3) is 4.28. The quantitative estimate of drug-likeness (QED) is 0.714. The molecule has 2 aliphatic rings. The van der Waals surface area contributed by atoms with Crippen LogP contribution in [0, 0.1) is 0 Å². The van der Waals surface area contributed by atoms with E-state index in [1.54, 1.807) is 0 Å². The number of aliphatic carboxylic acids is 1. The normalized spacial score (nSPS) is 20.4. The van der Waals surface area contributed by atoms with Gasteiger partial charge < -0.3 is 20.1 Å². The van der Waals surface area contributed by atoms with Crippen LogP contribution in [0.2, 0.25) is 0 Å². The molecule has 0 aromatic heterocycles. The number of nitrogens with one attached hydrogen (secondary N) is 1. The number of nitrogens with zero attached hydrogens (tertiary/aromatic N) is 1. The molecule has 0 bridgehead atoms. The number of benzene rings is 2. The van der Waals surface area contributed by atoms with E-state index in [1.165, 1.54) is 0 Å². The van der Waals surface area contributed by atoms with E-state index in [-0.39, 0.29) is 12.5 Å². The van der Waals surface area contributed by atoms with Gasteiger partial charge in [0.25, 0.3) is 0 Å². The highest BCUT2D eigenvalue weighted by atomic mass is 19.2. The number of halogens is 2. The molecule has 1 saturated heterocycles. The van der Waals surface area contributed by atoms with Gasteiger partial charge >= 0.3 is 12.1 Å². The van der Waals surface area contributed by atoms with Crippen molar-refractivity contribution in [2.24, 2.45) is 0 Å². The van der Waals surface area contributed by atoms with Crippen molar-refractivity contribution >= 4 is 18.0 Å². The molecule has 0 spiro atoms. The second-order valence-corrected chi connectivity index (χ2v) is 7.90. The first kappa shape index (κ1) is 21.7. The largest absolute Gasteiger partial charge is 0.481 e. The first-order valence-corrected chi connectivity index (χ1v) is 10.3. The number of carbonyl (C=O) groups is 3. The Morgan fingerprint density at radius 1 is 1.00 bits per heavy atom. The molecule has 3 atom stereocenters. The summed E-state index contributed by atoms with van der Waals surface area (Å²) >= 11 is 0. The van der Waals surface area contributed by atoms with Gasteiger partial charge in [-0.1, -0.05) is 48.5 Å². The van der Waals surface area contributed by atoms with Crippen LogP contribution in [0.4, 0.5) is 13.6 Å². The van der Waals surface area contributed by atoms with Gasteiger partial charge in [-0.25, -0.2) is 13.6 Å². The van der Waals surface area contributed by atoms with Gasteiger partial charge in [0.05, 0.1) is 19.5 Å². The van der Waals surface area contributed by atoms with Crippen molar-refractivity contribution in [2.75, 3.05) is 19.7 Å². The Morgan fingerprint density at radius 3 is 2.06 bits per heavy atom. The second kappa shape index (κ2) is 8.94. The number of alkyl halides is 2. The zero-order chi connectivity index (χ0) is 22.8. The number of amides is 2. The van der Waals surface area contributed by atoms with Crippen molar-refractivity contribution in [3.05, 3.63) is 59.7 Å². The molecule has 2 aromatic rings. The molecule has 0 radical (unpaired) electrons.